The Morgan fingerprint density at radius 3 is 2.56 bits per heavy atom. The Hall–Kier alpha value is -0.700. The number of alkyl halides is 3. The number of hydrogen-bond donors (Lipinski definition) is 1. The number of carbonyl (C=O) groups excluding carboxylic acids is 1. The molecule has 0 saturated heterocycles. The molecule has 0 radical (unpaired) electrons. The highest BCUT2D eigenvalue weighted by Crippen LogP contribution is 2.22. The van der Waals surface area contributed by atoms with Crippen molar-refractivity contribution in [3.63, 3.8) is 0 Å². The first-order valence-electron chi connectivity index (χ1n) is 3.82. The summed E-state index contributed by atoms with van der Waals surface area (Å²) in [4.78, 5) is 18.4. The third-order valence-electron chi connectivity index (χ3n) is 1.32. The lowest BCUT2D eigenvalue weighted by molar-refractivity contribution is -0.150. The summed E-state index contributed by atoms with van der Waals surface area (Å²) in [6.07, 6.45) is -4.84. The average Bonchev–Trinajstić information content (AvgIpc) is 2.06. The van der Waals surface area contributed by atoms with Crippen LogP contribution in [-0.4, -0.2) is 22.1 Å². The minimum absolute atomic E-state index is 0.0579. The molecule has 0 bridgehead atoms. The van der Waals surface area contributed by atoms with Crippen LogP contribution in [0.1, 0.15) is 6.42 Å². The number of amides is 1. The number of carbonyl (C=O) groups is 1. The van der Waals surface area contributed by atoms with Gasteiger partial charge in [0.05, 0.1) is 6.20 Å². The lowest BCUT2D eigenvalue weighted by Gasteiger charge is -2.07. The third-order valence-corrected chi connectivity index (χ3v) is 2.25. The van der Waals surface area contributed by atoms with E-state index >= 15 is 0 Å². The van der Waals surface area contributed by atoms with E-state index in [1.807, 2.05) is 5.32 Å². The molecule has 0 aliphatic rings. The zero-order chi connectivity index (χ0) is 12.3. The summed E-state index contributed by atoms with van der Waals surface area (Å²) < 4.78 is 36.1. The first-order valence-corrected chi connectivity index (χ1v) is 5.41. The second kappa shape index (κ2) is 5.09. The zero-order valence-corrected chi connectivity index (χ0v) is 10.6. The van der Waals surface area contributed by atoms with Gasteiger partial charge in [-0.05, 0) is 31.9 Å². The molecule has 1 heterocycles. The molecule has 0 aliphatic carbocycles. The number of nitrogens with zero attached hydrogens (tertiary/aromatic N) is 2. The van der Waals surface area contributed by atoms with E-state index in [1.54, 1.807) is 0 Å². The van der Waals surface area contributed by atoms with Crippen molar-refractivity contribution in [3.8, 4) is 0 Å². The molecular weight excluding hydrogens is 359 g/mol. The van der Waals surface area contributed by atoms with Crippen LogP contribution in [0.2, 0.25) is 0 Å². The molecule has 1 aromatic heterocycles. The highest BCUT2D eigenvalue weighted by molar-refractivity contribution is 9.11. The fraction of sp³-hybridized carbons (Fsp3) is 0.286. The van der Waals surface area contributed by atoms with E-state index in [4.69, 9.17) is 0 Å². The fourth-order valence-electron chi connectivity index (χ4n) is 0.789. The summed E-state index contributed by atoms with van der Waals surface area (Å²) in [6, 6.07) is 0. The number of nitrogens with one attached hydrogen (secondary N) is 1. The third kappa shape index (κ3) is 4.44. The van der Waals surface area contributed by atoms with Gasteiger partial charge >= 0.3 is 6.18 Å². The van der Waals surface area contributed by atoms with Crippen molar-refractivity contribution in [1.29, 1.82) is 0 Å². The first-order chi connectivity index (χ1) is 7.28. The average molecular weight is 363 g/mol. The van der Waals surface area contributed by atoms with Crippen molar-refractivity contribution in [2.45, 2.75) is 12.6 Å². The summed E-state index contributed by atoms with van der Waals surface area (Å²) >= 11 is 5.97. The summed E-state index contributed by atoms with van der Waals surface area (Å²) in [5.41, 5.74) is 0. The Balaban J connectivity index is 2.70. The monoisotopic (exact) mass is 361 g/mol. The predicted molar refractivity (Wildman–Crippen MR) is 56.7 cm³/mol. The maximum atomic E-state index is 11.9. The van der Waals surface area contributed by atoms with Gasteiger partial charge in [-0.2, -0.15) is 13.2 Å². The zero-order valence-electron chi connectivity index (χ0n) is 7.48. The van der Waals surface area contributed by atoms with Gasteiger partial charge in [0, 0.05) is 0 Å². The lowest BCUT2D eigenvalue weighted by atomic mass is 10.4. The van der Waals surface area contributed by atoms with Crippen LogP contribution >= 0.6 is 31.9 Å². The van der Waals surface area contributed by atoms with Crippen LogP contribution in [0, 0.1) is 0 Å². The smallest absolute Gasteiger partial charge is 0.308 e. The van der Waals surface area contributed by atoms with Crippen molar-refractivity contribution in [3.05, 3.63) is 15.4 Å². The minimum Gasteiger partial charge on any atom is -0.308 e. The van der Waals surface area contributed by atoms with Gasteiger partial charge in [0.15, 0.2) is 5.82 Å². The second-order valence-electron chi connectivity index (χ2n) is 2.67. The fourth-order valence-corrected chi connectivity index (χ4v) is 1.70. The Morgan fingerprint density at radius 2 is 2.06 bits per heavy atom. The molecule has 1 N–H and O–H groups in total. The van der Waals surface area contributed by atoms with Crippen LogP contribution in [0.15, 0.2) is 15.4 Å². The number of anilines is 1. The van der Waals surface area contributed by atoms with E-state index in [2.05, 4.69) is 41.8 Å². The normalized spacial score (nSPS) is 11.3. The van der Waals surface area contributed by atoms with E-state index in [0.717, 1.165) is 0 Å². The van der Waals surface area contributed by atoms with E-state index in [9.17, 15) is 18.0 Å². The Labute approximate surface area is 105 Å². The predicted octanol–water partition coefficient (Wildman–Crippen LogP) is 2.89. The van der Waals surface area contributed by atoms with Gasteiger partial charge in [-0.3, -0.25) is 4.79 Å². The lowest BCUT2D eigenvalue weighted by Crippen LogP contribution is -2.22. The van der Waals surface area contributed by atoms with Crippen LogP contribution in [0.3, 0.4) is 0 Å². The standard InChI is InChI=1S/C7H4Br2F3N3O/c8-3-2-13-6(5(9)14-3)15-4(16)1-7(10,11)12/h2H,1H2,(H,13,15,16). The van der Waals surface area contributed by atoms with Gasteiger partial charge in [-0.15, -0.1) is 0 Å². The summed E-state index contributed by atoms with van der Waals surface area (Å²) in [6.45, 7) is 0. The molecule has 88 valence electrons. The molecule has 1 aromatic rings. The quantitative estimate of drug-likeness (QED) is 0.880. The van der Waals surface area contributed by atoms with Crippen molar-refractivity contribution < 1.29 is 18.0 Å². The maximum absolute atomic E-state index is 11.9. The molecule has 0 aliphatic heterocycles. The number of aromatic nitrogens is 2. The molecule has 4 nitrogen and oxygen atoms in total. The van der Waals surface area contributed by atoms with Gasteiger partial charge < -0.3 is 5.32 Å². The van der Waals surface area contributed by atoms with Crippen molar-refractivity contribution >= 4 is 43.6 Å². The van der Waals surface area contributed by atoms with Gasteiger partial charge in [0.2, 0.25) is 5.91 Å². The second-order valence-corrected chi connectivity index (χ2v) is 4.24. The Bertz CT molecular complexity index is 410. The number of halogens is 5. The Kier molecular flexibility index (Phi) is 4.25. The van der Waals surface area contributed by atoms with Gasteiger partial charge in [-0.1, -0.05) is 0 Å². The molecule has 1 amide bonds. The van der Waals surface area contributed by atoms with Gasteiger partial charge in [-0.25, -0.2) is 9.97 Å². The van der Waals surface area contributed by atoms with E-state index < -0.39 is 18.5 Å². The van der Waals surface area contributed by atoms with Crippen LogP contribution in [0.5, 0.6) is 0 Å². The highest BCUT2D eigenvalue weighted by atomic mass is 79.9. The number of hydrogen-bond acceptors (Lipinski definition) is 3. The molecule has 16 heavy (non-hydrogen) atoms. The van der Waals surface area contributed by atoms with Gasteiger partial charge in [0.1, 0.15) is 15.6 Å². The molecule has 0 spiro atoms. The molecule has 9 heteroatoms. The summed E-state index contributed by atoms with van der Waals surface area (Å²) in [7, 11) is 0. The first kappa shape index (κ1) is 13.4. The minimum atomic E-state index is -4.54. The van der Waals surface area contributed by atoms with Crippen molar-refractivity contribution in [2.75, 3.05) is 5.32 Å². The topological polar surface area (TPSA) is 54.9 Å². The van der Waals surface area contributed by atoms with E-state index in [-0.39, 0.29) is 10.4 Å². The molecule has 0 unspecified atom stereocenters. The Morgan fingerprint density at radius 1 is 1.44 bits per heavy atom. The summed E-state index contributed by atoms with van der Waals surface area (Å²) in [5, 5.41) is 1.99. The van der Waals surface area contributed by atoms with Crippen LogP contribution < -0.4 is 5.32 Å². The SMILES string of the molecule is O=C(CC(F)(F)F)Nc1ncc(Br)nc1Br. The largest absolute Gasteiger partial charge is 0.397 e. The molecule has 0 aromatic carbocycles. The van der Waals surface area contributed by atoms with Crippen molar-refractivity contribution in [1.82, 2.24) is 9.97 Å². The van der Waals surface area contributed by atoms with Crippen molar-refractivity contribution in [2.24, 2.45) is 0 Å². The van der Waals surface area contributed by atoms with Crippen LogP contribution in [0.4, 0.5) is 19.0 Å². The van der Waals surface area contributed by atoms with E-state index in [1.165, 1.54) is 6.20 Å². The van der Waals surface area contributed by atoms with Crippen LogP contribution in [0.25, 0.3) is 0 Å². The molecule has 0 fully saturated rings. The summed E-state index contributed by atoms with van der Waals surface area (Å²) in [5.74, 6) is -1.25. The highest BCUT2D eigenvalue weighted by Gasteiger charge is 2.31. The molecule has 1 rings (SSSR count). The van der Waals surface area contributed by atoms with E-state index in [0.29, 0.717) is 4.60 Å². The van der Waals surface area contributed by atoms with Crippen LogP contribution in [-0.2, 0) is 4.79 Å². The molecule has 0 atom stereocenters. The van der Waals surface area contributed by atoms with Gasteiger partial charge in [0.25, 0.3) is 0 Å². The molecular formula is C7H4Br2F3N3O. The number of rotatable bonds is 2. The molecule has 0 saturated carbocycles. The maximum Gasteiger partial charge on any atom is 0.397 e.